The Labute approximate surface area is 156 Å². The summed E-state index contributed by atoms with van der Waals surface area (Å²) >= 11 is 0. The number of carbonyl (C=O) groups excluding carboxylic acids is 1. The van der Waals surface area contributed by atoms with Crippen molar-refractivity contribution in [1.82, 2.24) is 10.6 Å². The lowest BCUT2D eigenvalue weighted by Gasteiger charge is -2.27. The first-order chi connectivity index (χ1) is 12.7. The Balaban J connectivity index is 1.63. The standard InChI is InChI=1S/C22H29N3O/c1-2-24-15-16-11-12-19-18(13-16)9-6-10-21(19)25-22(26)14-20(23)17-7-4-3-5-8-17/h3-5,7-8,11-13,20-21,24H,2,6,9-10,14-15,23H2,1H3,(H,25,26)/t20-,21-/m1/s1. The molecule has 4 N–H and O–H groups in total. The molecule has 2 aromatic rings. The molecule has 26 heavy (non-hydrogen) atoms. The van der Waals surface area contributed by atoms with Crippen molar-refractivity contribution in [3.8, 4) is 0 Å². The zero-order chi connectivity index (χ0) is 18.4. The highest BCUT2D eigenvalue weighted by Crippen LogP contribution is 2.30. The van der Waals surface area contributed by atoms with Crippen LogP contribution in [0.25, 0.3) is 0 Å². The number of hydrogen-bond acceptors (Lipinski definition) is 3. The highest BCUT2D eigenvalue weighted by atomic mass is 16.1. The third-order valence-corrected chi connectivity index (χ3v) is 5.07. The van der Waals surface area contributed by atoms with Crippen LogP contribution < -0.4 is 16.4 Å². The fraction of sp³-hybridized carbons (Fsp3) is 0.409. The molecule has 0 radical (unpaired) electrons. The van der Waals surface area contributed by atoms with Gasteiger partial charge in [0.05, 0.1) is 6.04 Å². The van der Waals surface area contributed by atoms with Crippen LogP contribution in [0, 0.1) is 0 Å². The van der Waals surface area contributed by atoms with Gasteiger partial charge in [-0.15, -0.1) is 0 Å². The molecule has 4 nitrogen and oxygen atoms in total. The summed E-state index contributed by atoms with van der Waals surface area (Å²) in [5, 5.41) is 6.57. The molecule has 3 rings (SSSR count). The molecule has 2 aromatic carbocycles. The lowest BCUT2D eigenvalue weighted by Crippen LogP contribution is -2.33. The Morgan fingerprint density at radius 1 is 1.23 bits per heavy atom. The van der Waals surface area contributed by atoms with Gasteiger partial charge in [0.2, 0.25) is 5.91 Å². The maximum absolute atomic E-state index is 12.5. The Kier molecular flexibility index (Phi) is 6.42. The molecule has 138 valence electrons. The molecule has 2 atom stereocenters. The quantitative estimate of drug-likeness (QED) is 0.716. The van der Waals surface area contributed by atoms with Crippen LogP contribution in [0.5, 0.6) is 0 Å². The van der Waals surface area contributed by atoms with Crippen LogP contribution in [0.15, 0.2) is 48.5 Å². The number of fused-ring (bicyclic) bond motifs is 1. The van der Waals surface area contributed by atoms with E-state index < -0.39 is 0 Å². The van der Waals surface area contributed by atoms with Gasteiger partial charge in [-0.1, -0.05) is 55.5 Å². The first-order valence-electron chi connectivity index (χ1n) is 9.59. The summed E-state index contributed by atoms with van der Waals surface area (Å²) in [6.45, 7) is 3.98. The van der Waals surface area contributed by atoms with Crippen LogP contribution in [0.2, 0.25) is 0 Å². The van der Waals surface area contributed by atoms with Gasteiger partial charge in [0.1, 0.15) is 0 Å². The Hall–Kier alpha value is -2.17. The van der Waals surface area contributed by atoms with Gasteiger partial charge in [0, 0.05) is 19.0 Å². The van der Waals surface area contributed by atoms with E-state index in [-0.39, 0.29) is 18.0 Å². The Bertz CT molecular complexity index is 729. The second-order valence-electron chi connectivity index (χ2n) is 7.05. The lowest BCUT2D eigenvalue weighted by atomic mass is 9.86. The lowest BCUT2D eigenvalue weighted by molar-refractivity contribution is -0.122. The minimum absolute atomic E-state index is 0.0240. The first kappa shape index (κ1) is 18.6. The molecule has 0 saturated carbocycles. The number of carbonyl (C=O) groups is 1. The molecule has 1 aliphatic carbocycles. The van der Waals surface area contributed by atoms with E-state index in [0.29, 0.717) is 6.42 Å². The van der Waals surface area contributed by atoms with Crippen molar-refractivity contribution in [1.29, 1.82) is 0 Å². The zero-order valence-electron chi connectivity index (χ0n) is 15.5. The van der Waals surface area contributed by atoms with Crippen LogP contribution in [0.4, 0.5) is 0 Å². The van der Waals surface area contributed by atoms with Crippen molar-refractivity contribution in [3.05, 3.63) is 70.8 Å². The van der Waals surface area contributed by atoms with E-state index in [9.17, 15) is 4.79 Å². The predicted octanol–water partition coefficient (Wildman–Crippen LogP) is 3.38. The van der Waals surface area contributed by atoms with Crippen molar-refractivity contribution in [2.45, 2.75) is 51.2 Å². The largest absolute Gasteiger partial charge is 0.349 e. The van der Waals surface area contributed by atoms with Crippen molar-refractivity contribution in [2.75, 3.05) is 6.54 Å². The van der Waals surface area contributed by atoms with Crippen LogP contribution in [0.1, 0.15) is 60.5 Å². The van der Waals surface area contributed by atoms with Crippen LogP contribution >= 0.6 is 0 Å². The van der Waals surface area contributed by atoms with Gasteiger partial charge >= 0.3 is 0 Å². The maximum Gasteiger partial charge on any atom is 0.222 e. The van der Waals surface area contributed by atoms with Gasteiger partial charge in [0.15, 0.2) is 0 Å². The molecule has 0 heterocycles. The molecule has 0 aliphatic heterocycles. The van der Waals surface area contributed by atoms with Gasteiger partial charge < -0.3 is 16.4 Å². The highest BCUT2D eigenvalue weighted by Gasteiger charge is 2.23. The molecule has 4 heteroatoms. The SMILES string of the molecule is CCNCc1ccc2c(c1)CCC[C@H]2NC(=O)C[C@@H](N)c1ccccc1. The summed E-state index contributed by atoms with van der Waals surface area (Å²) in [4.78, 5) is 12.5. The summed E-state index contributed by atoms with van der Waals surface area (Å²) in [6.07, 6.45) is 3.50. The van der Waals surface area contributed by atoms with E-state index in [1.54, 1.807) is 0 Å². The smallest absolute Gasteiger partial charge is 0.222 e. The molecular weight excluding hydrogens is 322 g/mol. The summed E-state index contributed by atoms with van der Waals surface area (Å²) in [6, 6.07) is 16.3. The van der Waals surface area contributed by atoms with Gasteiger partial charge in [-0.05, 0) is 48.1 Å². The molecule has 0 aromatic heterocycles. The average Bonchev–Trinajstić information content (AvgIpc) is 2.67. The Morgan fingerprint density at radius 3 is 2.81 bits per heavy atom. The molecule has 0 unspecified atom stereocenters. The number of benzene rings is 2. The second kappa shape index (κ2) is 8.97. The van der Waals surface area contributed by atoms with E-state index in [2.05, 4.69) is 35.8 Å². The number of nitrogens with one attached hydrogen (secondary N) is 2. The van der Waals surface area contributed by atoms with E-state index in [0.717, 1.165) is 37.9 Å². The predicted molar refractivity (Wildman–Crippen MR) is 106 cm³/mol. The Morgan fingerprint density at radius 2 is 2.04 bits per heavy atom. The molecule has 0 saturated heterocycles. The summed E-state index contributed by atoms with van der Waals surface area (Å²) in [5.74, 6) is 0.0240. The van der Waals surface area contributed by atoms with Crippen molar-refractivity contribution < 1.29 is 4.79 Å². The fourth-order valence-electron chi connectivity index (χ4n) is 3.67. The molecule has 0 bridgehead atoms. The van der Waals surface area contributed by atoms with Gasteiger partial charge in [-0.3, -0.25) is 4.79 Å². The number of rotatable bonds is 7. The van der Waals surface area contributed by atoms with Crippen LogP contribution in [-0.4, -0.2) is 12.5 Å². The normalized spacial score (nSPS) is 17.4. The summed E-state index contributed by atoms with van der Waals surface area (Å²) in [5.41, 5.74) is 11.1. The van der Waals surface area contributed by atoms with E-state index in [1.807, 2.05) is 30.3 Å². The minimum atomic E-state index is -0.262. The second-order valence-corrected chi connectivity index (χ2v) is 7.05. The molecular formula is C22H29N3O. The topological polar surface area (TPSA) is 67.1 Å². The third kappa shape index (κ3) is 4.71. The minimum Gasteiger partial charge on any atom is -0.349 e. The van der Waals surface area contributed by atoms with Crippen LogP contribution in [-0.2, 0) is 17.8 Å². The van der Waals surface area contributed by atoms with Crippen molar-refractivity contribution in [2.24, 2.45) is 5.73 Å². The fourth-order valence-corrected chi connectivity index (χ4v) is 3.67. The molecule has 1 aliphatic rings. The average molecular weight is 351 g/mol. The molecule has 0 spiro atoms. The molecule has 0 fully saturated rings. The van der Waals surface area contributed by atoms with Gasteiger partial charge in [0.25, 0.3) is 0 Å². The summed E-state index contributed by atoms with van der Waals surface area (Å²) < 4.78 is 0. The van der Waals surface area contributed by atoms with Gasteiger partial charge in [-0.2, -0.15) is 0 Å². The van der Waals surface area contributed by atoms with E-state index in [4.69, 9.17) is 5.73 Å². The highest BCUT2D eigenvalue weighted by molar-refractivity contribution is 5.77. The number of hydrogen-bond donors (Lipinski definition) is 3. The first-order valence-corrected chi connectivity index (χ1v) is 9.59. The maximum atomic E-state index is 12.5. The van der Waals surface area contributed by atoms with Gasteiger partial charge in [-0.25, -0.2) is 0 Å². The third-order valence-electron chi connectivity index (χ3n) is 5.07. The number of aryl methyl sites for hydroxylation is 1. The van der Waals surface area contributed by atoms with E-state index >= 15 is 0 Å². The van der Waals surface area contributed by atoms with E-state index in [1.165, 1.54) is 16.7 Å². The number of nitrogens with two attached hydrogens (primary N) is 1. The van der Waals surface area contributed by atoms with Crippen molar-refractivity contribution in [3.63, 3.8) is 0 Å². The summed E-state index contributed by atoms with van der Waals surface area (Å²) in [7, 11) is 0. The monoisotopic (exact) mass is 351 g/mol. The zero-order valence-corrected chi connectivity index (χ0v) is 15.5. The molecule has 1 amide bonds. The van der Waals surface area contributed by atoms with Crippen molar-refractivity contribution >= 4 is 5.91 Å². The van der Waals surface area contributed by atoms with Crippen LogP contribution in [0.3, 0.4) is 0 Å². The number of amides is 1.